The van der Waals surface area contributed by atoms with E-state index in [0.717, 1.165) is 5.69 Å². The van der Waals surface area contributed by atoms with E-state index in [9.17, 15) is 4.79 Å². The van der Waals surface area contributed by atoms with Crippen LogP contribution in [0, 0.1) is 13.8 Å². The first-order valence-corrected chi connectivity index (χ1v) is 5.53. The lowest BCUT2D eigenvalue weighted by molar-refractivity contribution is 0.0692. The SMILES string of the molecule is COCCOCCNC(=O)c1c(C)n[nH]c1C. The highest BCUT2D eigenvalue weighted by molar-refractivity contribution is 5.96. The van der Waals surface area contributed by atoms with E-state index < -0.39 is 0 Å². The molecule has 2 N–H and O–H groups in total. The molecule has 0 aliphatic carbocycles. The molecule has 0 saturated heterocycles. The summed E-state index contributed by atoms with van der Waals surface area (Å²) in [5.41, 5.74) is 2.10. The lowest BCUT2D eigenvalue weighted by Gasteiger charge is -2.06. The fraction of sp³-hybridized carbons (Fsp3) is 0.636. The maximum absolute atomic E-state index is 11.8. The van der Waals surface area contributed by atoms with E-state index in [2.05, 4.69) is 15.5 Å². The third-order valence-electron chi connectivity index (χ3n) is 2.32. The molecule has 1 heterocycles. The van der Waals surface area contributed by atoms with Crippen LogP contribution in [0.2, 0.25) is 0 Å². The smallest absolute Gasteiger partial charge is 0.255 e. The summed E-state index contributed by atoms with van der Waals surface area (Å²) in [6, 6.07) is 0. The number of hydrogen-bond donors (Lipinski definition) is 2. The van der Waals surface area contributed by atoms with Gasteiger partial charge in [-0.15, -0.1) is 0 Å². The largest absolute Gasteiger partial charge is 0.382 e. The first kappa shape index (κ1) is 13.7. The van der Waals surface area contributed by atoms with E-state index in [-0.39, 0.29) is 5.91 Å². The summed E-state index contributed by atoms with van der Waals surface area (Å²) in [5, 5.41) is 9.53. The molecule has 0 aliphatic rings. The second-order valence-corrected chi connectivity index (χ2v) is 3.67. The van der Waals surface area contributed by atoms with Crippen molar-refractivity contribution in [2.45, 2.75) is 13.8 Å². The van der Waals surface area contributed by atoms with Gasteiger partial charge >= 0.3 is 0 Å². The number of aromatic amines is 1. The first-order valence-electron chi connectivity index (χ1n) is 5.53. The highest BCUT2D eigenvalue weighted by Crippen LogP contribution is 2.08. The molecule has 6 heteroatoms. The lowest BCUT2D eigenvalue weighted by Crippen LogP contribution is -2.28. The Labute approximate surface area is 101 Å². The van der Waals surface area contributed by atoms with Gasteiger partial charge in [-0.1, -0.05) is 0 Å². The minimum atomic E-state index is -0.121. The average Bonchev–Trinajstić information content (AvgIpc) is 2.63. The molecule has 0 aliphatic heterocycles. The van der Waals surface area contributed by atoms with Crippen LogP contribution in [0.4, 0.5) is 0 Å². The Morgan fingerprint density at radius 1 is 1.35 bits per heavy atom. The minimum Gasteiger partial charge on any atom is -0.382 e. The Morgan fingerprint density at radius 3 is 2.71 bits per heavy atom. The number of carbonyl (C=O) groups excluding carboxylic acids is 1. The number of nitrogens with one attached hydrogen (secondary N) is 2. The van der Waals surface area contributed by atoms with Gasteiger partial charge in [0.15, 0.2) is 0 Å². The standard InChI is InChI=1S/C11H19N3O3/c1-8-10(9(2)14-13-8)11(15)12-4-5-17-7-6-16-3/h4-7H2,1-3H3,(H,12,15)(H,13,14). The second kappa shape index (κ2) is 7.03. The molecule has 6 nitrogen and oxygen atoms in total. The lowest BCUT2D eigenvalue weighted by atomic mass is 10.2. The molecule has 0 spiro atoms. The number of ether oxygens (including phenoxy) is 2. The molecular weight excluding hydrogens is 222 g/mol. The summed E-state index contributed by atoms with van der Waals surface area (Å²) >= 11 is 0. The Morgan fingerprint density at radius 2 is 2.12 bits per heavy atom. The van der Waals surface area contributed by atoms with E-state index in [4.69, 9.17) is 9.47 Å². The normalized spacial score (nSPS) is 10.5. The summed E-state index contributed by atoms with van der Waals surface area (Å²) in [6.07, 6.45) is 0. The molecule has 96 valence electrons. The monoisotopic (exact) mass is 241 g/mol. The highest BCUT2D eigenvalue weighted by Gasteiger charge is 2.14. The summed E-state index contributed by atoms with van der Waals surface area (Å²) in [6.45, 7) is 5.68. The van der Waals surface area contributed by atoms with Gasteiger partial charge in [-0.2, -0.15) is 5.10 Å². The van der Waals surface area contributed by atoms with Crippen molar-refractivity contribution in [3.8, 4) is 0 Å². The second-order valence-electron chi connectivity index (χ2n) is 3.67. The summed E-state index contributed by atoms with van der Waals surface area (Å²) in [5.74, 6) is -0.121. The Hall–Kier alpha value is -1.40. The Kier molecular flexibility index (Phi) is 5.65. The van der Waals surface area contributed by atoms with Crippen LogP contribution in [0.25, 0.3) is 0 Å². The quantitative estimate of drug-likeness (QED) is 0.678. The van der Waals surface area contributed by atoms with E-state index in [1.165, 1.54) is 0 Å². The molecule has 1 aromatic heterocycles. The molecule has 0 radical (unpaired) electrons. The molecule has 0 saturated carbocycles. The van der Waals surface area contributed by atoms with Crippen LogP contribution in [0.3, 0.4) is 0 Å². The third kappa shape index (κ3) is 4.16. The number of amides is 1. The van der Waals surface area contributed by atoms with E-state index in [0.29, 0.717) is 37.6 Å². The molecule has 1 aromatic rings. The predicted octanol–water partition coefficient (Wildman–Crippen LogP) is 0.419. The summed E-state index contributed by atoms with van der Waals surface area (Å²) in [4.78, 5) is 11.8. The number of methoxy groups -OCH3 is 1. The number of hydrogen-bond acceptors (Lipinski definition) is 4. The van der Waals surface area contributed by atoms with Crippen molar-refractivity contribution in [3.63, 3.8) is 0 Å². The van der Waals surface area contributed by atoms with Gasteiger partial charge in [0.05, 0.1) is 31.1 Å². The Balaban J connectivity index is 2.26. The fourth-order valence-corrected chi connectivity index (χ4v) is 1.45. The van der Waals surface area contributed by atoms with Crippen LogP contribution in [-0.4, -0.2) is 49.6 Å². The zero-order valence-electron chi connectivity index (χ0n) is 10.5. The van der Waals surface area contributed by atoms with Gasteiger partial charge in [-0.3, -0.25) is 9.89 Å². The van der Waals surface area contributed by atoms with E-state index >= 15 is 0 Å². The number of carbonyl (C=O) groups is 1. The zero-order chi connectivity index (χ0) is 12.7. The van der Waals surface area contributed by atoms with Gasteiger partial charge in [0.1, 0.15) is 0 Å². The summed E-state index contributed by atoms with van der Waals surface area (Å²) in [7, 11) is 1.62. The van der Waals surface area contributed by atoms with Crippen molar-refractivity contribution < 1.29 is 14.3 Å². The molecule has 17 heavy (non-hydrogen) atoms. The van der Waals surface area contributed by atoms with Gasteiger partial charge in [-0.05, 0) is 13.8 Å². The first-order chi connectivity index (χ1) is 8.16. The molecule has 0 aromatic carbocycles. The highest BCUT2D eigenvalue weighted by atomic mass is 16.5. The third-order valence-corrected chi connectivity index (χ3v) is 2.32. The predicted molar refractivity (Wildman–Crippen MR) is 63.1 cm³/mol. The van der Waals surface area contributed by atoms with Gasteiger partial charge in [0.25, 0.3) is 5.91 Å². The number of rotatable bonds is 7. The molecule has 0 unspecified atom stereocenters. The maximum atomic E-state index is 11.8. The van der Waals surface area contributed by atoms with Crippen molar-refractivity contribution in [3.05, 3.63) is 17.0 Å². The van der Waals surface area contributed by atoms with E-state index in [1.807, 2.05) is 6.92 Å². The topological polar surface area (TPSA) is 76.2 Å². The van der Waals surface area contributed by atoms with Crippen LogP contribution < -0.4 is 5.32 Å². The van der Waals surface area contributed by atoms with Crippen LogP contribution in [0.1, 0.15) is 21.7 Å². The molecular formula is C11H19N3O3. The fourth-order valence-electron chi connectivity index (χ4n) is 1.45. The van der Waals surface area contributed by atoms with Gasteiger partial charge < -0.3 is 14.8 Å². The van der Waals surface area contributed by atoms with Gasteiger partial charge in [0, 0.05) is 19.3 Å². The number of aromatic nitrogens is 2. The molecule has 0 bridgehead atoms. The van der Waals surface area contributed by atoms with Crippen LogP contribution in [0.15, 0.2) is 0 Å². The number of nitrogens with zero attached hydrogens (tertiary/aromatic N) is 1. The maximum Gasteiger partial charge on any atom is 0.255 e. The van der Waals surface area contributed by atoms with Crippen molar-refractivity contribution in [1.82, 2.24) is 15.5 Å². The molecule has 0 fully saturated rings. The van der Waals surface area contributed by atoms with Crippen molar-refractivity contribution >= 4 is 5.91 Å². The molecule has 1 rings (SSSR count). The van der Waals surface area contributed by atoms with Crippen molar-refractivity contribution in [2.75, 3.05) is 33.5 Å². The van der Waals surface area contributed by atoms with Crippen LogP contribution in [-0.2, 0) is 9.47 Å². The number of aryl methyl sites for hydroxylation is 2. The molecule has 0 atom stereocenters. The van der Waals surface area contributed by atoms with Crippen molar-refractivity contribution in [1.29, 1.82) is 0 Å². The van der Waals surface area contributed by atoms with Crippen LogP contribution in [0.5, 0.6) is 0 Å². The van der Waals surface area contributed by atoms with Gasteiger partial charge in [0.2, 0.25) is 0 Å². The average molecular weight is 241 g/mol. The Bertz CT molecular complexity index is 343. The van der Waals surface area contributed by atoms with Crippen LogP contribution >= 0.6 is 0 Å². The van der Waals surface area contributed by atoms with E-state index in [1.54, 1.807) is 14.0 Å². The number of H-pyrrole nitrogens is 1. The van der Waals surface area contributed by atoms with Crippen molar-refractivity contribution in [2.24, 2.45) is 0 Å². The zero-order valence-corrected chi connectivity index (χ0v) is 10.5. The summed E-state index contributed by atoms with van der Waals surface area (Å²) < 4.78 is 10.1. The minimum absolute atomic E-state index is 0.121. The molecule has 1 amide bonds. The van der Waals surface area contributed by atoms with Gasteiger partial charge in [-0.25, -0.2) is 0 Å².